The van der Waals surface area contributed by atoms with Crippen LogP contribution >= 0.6 is 22.7 Å². The van der Waals surface area contributed by atoms with E-state index in [2.05, 4.69) is 15.3 Å². The number of carbonyl (C=O) groups is 1. The van der Waals surface area contributed by atoms with E-state index in [0.29, 0.717) is 12.2 Å². The zero-order chi connectivity index (χ0) is 17.9. The van der Waals surface area contributed by atoms with E-state index in [1.54, 1.807) is 11.3 Å². The minimum absolute atomic E-state index is 0.0608. The zero-order valence-corrected chi connectivity index (χ0v) is 15.9. The maximum atomic E-state index is 12.5. The number of aryl methyl sites for hydroxylation is 2. The second-order valence-corrected chi connectivity index (χ2v) is 7.76. The number of hydrogen-bond acceptors (Lipinski definition) is 5. The van der Waals surface area contributed by atoms with Crippen LogP contribution in [-0.2, 0) is 6.42 Å². The van der Waals surface area contributed by atoms with Crippen molar-refractivity contribution in [3.05, 3.63) is 63.7 Å². The van der Waals surface area contributed by atoms with E-state index >= 15 is 0 Å². The van der Waals surface area contributed by atoms with Crippen LogP contribution in [0.4, 0.5) is 0 Å². The average molecular weight is 383 g/mol. The number of carbonyl (C=O) groups excluding carboxylic acids is 1. The number of nitrogens with zero attached hydrogens (tertiary/aromatic N) is 3. The molecule has 7 heteroatoms. The topological polar surface area (TPSA) is 59.3 Å². The normalized spacial score (nSPS) is 11.1. The van der Waals surface area contributed by atoms with Crippen LogP contribution in [0.25, 0.3) is 16.2 Å². The molecular weight excluding hydrogens is 364 g/mol. The molecule has 5 nitrogen and oxygen atoms in total. The molecule has 0 aliphatic rings. The third-order valence-corrected chi connectivity index (χ3v) is 6.06. The summed E-state index contributed by atoms with van der Waals surface area (Å²) in [6.07, 6.45) is 3.77. The van der Waals surface area contributed by atoms with Gasteiger partial charge in [-0.15, -0.1) is 22.7 Å². The number of thiazole rings is 2. The quantitative estimate of drug-likeness (QED) is 0.509. The first kappa shape index (κ1) is 16.9. The molecule has 3 aromatic heterocycles. The molecule has 4 rings (SSSR count). The van der Waals surface area contributed by atoms with Gasteiger partial charge in [0.15, 0.2) is 4.96 Å². The van der Waals surface area contributed by atoms with Crippen molar-refractivity contribution in [2.45, 2.75) is 19.8 Å². The van der Waals surface area contributed by atoms with Crippen molar-refractivity contribution >= 4 is 33.5 Å². The Morgan fingerprint density at radius 3 is 2.85 bits per heavy atom. The Morgan fingerprint density at radius 1 is 1.23 bits per heavy atom. The summed E-state index contributed by atoms with van der Waals surface area (Å²) < 4.78 is 1.87. The fourth-order valence-electron chi connectivity index (χ4n) is 2.80. The maximum Gasteiger partial charge on any atom is 0.269 e. The lowest BCUT2D eigenvalue weighted by atomic mass is 10.2. The smallest absolute Gasteiger partial charge is 0.269 e. The van der Waals surface area contributed by atoms with E-state index < -0.39 is 0 Å². The number of amides is 1. The molecule has 4 aromatic rings. The number of aromatic nitrogens is 3. The van der Waals surface area contributed by atoms with Crippen LogP contribution in [0.3, 0.4) is 0 Å². The predicted octanol–water partition coefficient (Wildman–Crippen LogP) is 4.19. The molecular formula is C19H18N4OS2. The highest BCUT2D eigenvalue weighted by Crippen LogP contribution is 2.23. The molecule has 1 amide bonds. The molecule has 1 aromatic carbocycles. The molecule has 0 spiro atoms. The molecule has 132 valence electrons. The lowest BCUT2D eigenvalue weighted by Gasteiger charge is -2.04. The van der Waals surface area contributed by atoms with Gasteiger partial charge in [0.05, 0.1) is 16.9 Å². The number of nitrogens with one attached hydrogen (secondary N) is 1. The van der Waals surface area contributed by atoms with Crippen LogP contribution in [0, 0.1) is 6.92 Å². The van der Waals surface area contributed by atoms with Crippen molar-refractivity contribution in [3.8, 4) is 11.3 Å². The van der Waals surface area contributed by atoms with Crippen molar-refractivity contribution in [2.24, 2.45) is 0 Å². The lowest BCUT2D eigenvalue weighted by Crippen LogP contribution is -2.25. The molecule has 3 heterocycles. The summed E-state index contributed by atoms with van der Waals surface area (Å²) >= 11 is 3.16. The summed E-state index contributed by atoms with van der Waals surface area (Å²) in [4.78, 5) is 23.5. The first-order valence-corrected chi connectivity index (χ1v) is 10.2. The highest BCUT2D eigenvalue weighted by atomic mass is 32.1. The third-order valence-electron chi connectivity index (χ3n) is 4.22. The van der Waals surface area contributed by atoms with Crippen molar-refractivity contribution in [1.29, 1.82) is 0 Å². The Kier molecular flexibility index (Phi) is 4.81. The van der Waals surface area contributed by atoms with Gasteiger partial charge in [0.1, 0.15) is 5.69 Å². The average Bonchev–Trinajstić information content (AvgIpc) is 3.35. The van der Waals surface area contributed by atoms with E-state index in [-0.39, 0.29) is 5.91 Å². The summed E-state index contributed by atoms with van der Waals surface area (Å²) in [6, 6.07) is 10.00. The molecule has 0 unspecified atom stereocenters. The minimum atomic E-state index is -0.0608. The molecule has 0 saturated carbocycles. The van der Waals surface area contributed by atoms with Crippen LogP contribution < -0.4 is 5.32 Å². The highest BCUT2D eigenvalue weighted by molar-refractivity contribution is 7.15. The molecule has 1 N–H and O–H groups in total. The van der Waals surface area contributed by atoms with Gasteiger partial charge < -0.3 is 5.32 Å². The predicted molar refractivity (Wildman–Crippen MR) is 106 cm³/mol. The van der Waals surface area contributed by atoms with Crippen molar-refractivity contribution < 1.29 is 4.79 Å². The van der Waals surface area contributed by atoms with Gasteiger partial charge in [-0.25, -0.2) is 9.97 Å². The summed E-state index contributed by atoms with van der Waals surface area (Å²) in [7, 11) is 0. The zero-order valence-electron chi connectivity index (χ0n) is 14.3. The molecule has 0 aliphatic carbocycles. The van der Waals surface area contributed by atoms with Crippen LogP contribution in [0.5, 0.6) is 0 Å². The Labute approximate surface area is 159 Å². The molecule has 0 fully saturated rings. The standard InChI is InChI=1S/C19H18N4OS2/c1-13-17(26-12-21-13)8-5-9-20-18(24)16-11-25-19-22-15(10-23(16)19)14-6-3-2-4-7-14/h2-4,6-7,10-12H,5,8-9H2,1H3,(H,20,24). The first-order chi connectivity index (χ1) is 12.7. The van der Waals surface area contributed by atoms with E-state index in [0.717, 1.165) is 34.8 Å². The van der Waals surface area contributed by atoms with Crippen LogP contribution in [0.1, 0.15) is 27.5 Å². The Hall–Kier alpha value is -2.51. The van der Waals surface area contributed by atoms with Crippen molar-refractivity contribution in [3.63, 3.8) is 0 Å². The Balaban J connectivity index is 1.42. The van der Waals surface area contributed by atoms with Crippen LogP contribution in [0.15, 0.2) is 47.4 Å². The van der Waals surface area contributed by atoms with Crippen LogP contribution in [-0.4, -0.2) is 26.8 Å². The van der Waals surface area contributed by atoms with Gasteiger partial charge >= 0.3 is 0 Å². The molecule has 0 aliphatic heterocycles. The first-order valence-electron chi connectivity index (χ1n) is 8.41. The van der Waals surface area contributed by atoms with E-state index in [1.807, 2.05) is 58.7 Å². The summed E-state index contributed by atoms with van der Waals surface area (Å²) in [5.41, 5.74) is 5.53. The summed E-state index contributed by atoms with van der Waals surface area (Å²) in [5.74, 6) is -0.0608. The van der Waals surface area contributed by atoms with E-state index in [9.17, 15) is 4.79 Å². The number of imidazole rings is 1. The SMILES string of the molecule is Cc1ncsc1CCCNC(=O)c1csc2nc(-c3ccccc3)cn12. The fourth-order valence-corrected chi connectivity index (χ4v) is 4.48. The fraction of sp³-hybridized carbons (Fsp3) is 0.211. The maximum absolute atomic E-state index is 12.5. The lowest BCUT2D eigenvalue weighted by molar-refractivity contribution is 0.0947. The van der Waals surface area contributed by atoms with Gasteiger partial charge in [-0.3, -0.25) is 9.20 Å². The number of benzene rings is 1. The van der Waals surface area contributed by atoms with Gasteiger partial charge in [-0.2, -0.15) is 0 Å². The highest BCUT2D eigenvalue weighted by Gasteiger charge is 2.15. The van der Waals surface area contributed by atoms with Crippen molar-refractivity contribution in [1.82, 2.24) is 19.7 Å². The van der Waals surface area contributed by atoms with E-state index in [1.165, 1.54) is 16.2 Å². The number of fused-ring (bicyclic) bond motifs is 1. The number of rotatable bonds is 6. The van der Waals surface area contributed by atoms with Crippen molar-refractivity contribution in [2.75, 3.05) is 6.54 Å². The largest absolute Gasteiger partial charge is 0.351 e. The molecule has 0 saturated heterocycles. The second-order valence-electron chi connectivity index (χ2n) is 5.99. The Morgan fingerprint density at radius 2 is 2.08 bits per heavy atom. The summed E-state index contributed by atoms with van der Waals surface area (Å²) in [6.45, 7) is 2.67. The summed E-state index contributed by atoms with van der Waals surface area (Å²) in [5, 5.41) is 4.87. The molecule has 0 bridgehead atoms. The minimum Gasteiger partial charge on any atom is -0.351 e. The monoisotopic (exact) mass is 382 g/mol. The Bertz CT molecular complexity index is 1030. The van der Waals surface area contributed by atoms with Crippen LogP contribution in [0.2, 0.25) is 0 Å². The molecule has 0 radical (unpaired) electrons. The molecule has 0 atom stereocenters. The number of hydrogen-bond donors (Lipinski definition) is 1. The van der Waals surface area contributed by atoms with Gasteiger partial charge in [0, 0.05) is 28.6 Å². The van der Waals surface area contributed by atoms with Gasteiger partial charge in [-0.1, -0.05) is 30.3 Å². The van der Waals surface area contributed by atoms with E-state index in [4.69, 9.17) is 0 Å². The van der Waals surface area contributed by atoms with Gasteiger partial charge in [0.25, 0.3) is 5.91 Å². The third kappa shape index (κ3) is 3.40. The molecule has 26 heavy (non-hydrogen) atoms. The second kappa shape index (κ2) is 7.39. The van der Waals surface area contributed by atoms with Gasteiger partial charge in [0.2, 0.25) is 0 Å². The van der Waals surface area contributed by atoms with Gasteiger partial charge in [-0.05, 0) is 19.8 Å².